The number of hydrogen-bond donors (Lipinski definition) is 1. The van der Waals surface area contributed by atoms with Gasteiger partial charge in [0, 0.05) is 11.6 Å². The minimum Gasteiger partial charge on any atom is -0.341 e. The number of rotatable bonds is 2. The molecular weight excluding hydrogens is 269 g/mol. The van der Waals surface area contributed by atoms with Gasteiger partial charge in [-0.15, -0.1) is 6.42 Å². The van der Waals surface area contributed by atoms with Gasteiger partial charge in [0.25, 0.3) is 5.91 Å². The zero-order valence-electron chi connectivity index (χ0n) is 10.2. The molecule has 1 heterocycles. The monoisotopic (exact) mass is 278 g/mol. The first-order valence-electron chi connectivity index (χ1n) is 5.61. The molecule has 0 saturated heterocycles. The number of para-hydroxylation sites is 1. The van der Waals surface area contributed by atoms with E-state index in [0.717, 1.165) is 6.20 Å². The second-order valence-corrected chi connectivity index (χ2v) is 3.95. The molecule has 2 aromatic rings. The number of hydrogen-bond acceptors (Lipinski definition) is 2. The number of halogens is 3. The number of pyridine rings is 1. The molecule has 1 amide bonds. The molecule has 20 heavy (non-hydrogen) atoms. The van der Waals surface area contributed by atoms with E-state index >= 15 is 0 Å². The summed E-state index contributed by atoms with van der Waals surface area (Å²) in [6, 6.07) is 5.77. The largest absolute Gasteiger partial charge is 0.417 e. The molecule has 0 radical (unpaired) electrons. The highest BCUT2D eigenvalue weighted by atomic mass is 19.4. The second-order valence-electron chi connectivity index (χ2n) is 3.95. The van der Waals surface area contributed by atoms with Gasteiger partial charge in [-0.2, -0.15) is 13.2 Å². The third kappa shape index (κ3) is 2.57. The van der Waals surface area contributed by atoms with Crippen LogP contribution in [-0.4, -0.2) is 17.4 Å². The van der Waals surface area contributed by atoms with Gasteiger partial charge in [-0.3, -0.25) is 9.78 Å². The topological polar surface area (TPSA) is 42.0 Å². The fraction of sp³-hybridized carbons (Fsp3) is 0.143. The Morgan fingerprint density at radius 1 is 1.35 bits per heavy atom. The van der Waals surface area contributed by atoms with Crippen molar-refractivity contribution < 1.29 is 18.0 Å². The molecule has 0 aliphatic carbocycles. The fourth-order valence-corrected chi connectivity index (χ4v) is 1.85. The smallest absolute Gasteiger partial charge is 0.341 e. The third-order valence-electron chi connectivity index (χ3n) is 2.65. The average molecular weight is 278 g/mol. The highest BCUT2D eigenvalue weighted by molar-refractivity contribution is 6.00. The van der Waals surface area contributed by atoms with E-state index in [1.165, 1.54) is 18.2 Å². The van der Waals surface area contributed by atoms with Crippen LogP contribution in [0.4, 0.5) is 13.2 Å². The SMILES string of the molecule is C#CCNC(=O)c1cnc2ccccc2c1C(F)(F)F. The summed E-state index contributed by atoms with van der Waals surface area (Å²) in [5.74, 6) is 1.24. The zero-order valence-corrected chi connectivity index (χ0v) is 10.2. The molecule has 3 nitrogen and oxygen atoms in total. The lowest BCUT2D eigenvalue weighted by atomic mass is 10.0. The number of nitrogens with one attached hydrogen (secondary N) is 1. The van der Waals surface area contributed by atoms with Crippen LogP contribution in [-0.2, 0) is 6.18 Å². The summed E-state index contributed by atoms with van der Waals surface area (Å²) in [6.07, 6.45) is 1.22. The Hall–Kier alpha value is -2.55. The molecule has 0 fully saturated rings. The molecule has 0 unspecified atom stereocenters. The van der Waals surface area contributed by atoms with Crippen molar-refractivity contribution in [1.82, 2.24) is 10.3 Å². The molecule has 0 saturated carbocycles. The summed E-state index contributed by atoms with van der Waals surface area (Å²) >= 11 is 0. The predicted molar refractivity (Wildman–Crippen MR) is 67.9 cm³/mol. The van der Waals surface area contributed by atoms with E-state index in [0.29, 0.717) is 0 Å². The van der Waals surface area contributed by atoms with Crippen LogP contribution in [0.2, 0.25) is 0 Å². The highest BCUT2D eigenvalue weighted by Crippen LogP contribution is 2.36. The molecule has 1 aromatic heterocycles. The van der Waals surface area contributed by atoms with Crippen LogP contribution in [0.5, 0.6) is 0 Å². The van der Waals surface area contributed by atoms with E-state index in [-0.39, 0.29) is 17.4 Å². The maximum absolute atomic E-state index is 13.2. The van der Waals surface area contributed by atoms with E-state index in [1.54, 1.807) is 6.07 Å². The van der Waals surface area contributed by atoms with Gasteiger partial charge in [0.2, 0.25) is 0 Å². The molecular formula is C14H9F3N2O. The number of amides is 1. The Bertz CT molecular complexity index is 702. The number of nitrogens with zero attached hydrogens (tertiary/aromatic N) is 1. The summed E-state index contributed by atoms with van der Waals surface area (Å²) in [5, 5.41) is 2.09. The predicted octanol–water partition coefficient (Wildman–Crippen LogP) is 2.62. The summed E-state index contributed by atoms with van der Waals surface area (Å²) in [7, 11) is 0. The van der Waals surface area contributed by atoms with Crippen molar-refractivity contribution in [2.75, 3.05) is 6.54 Å². The molecule has 102 valence electrons. The van der Waals surface area contributed by atoms with Gasteiger partial charge < -0.3 is 5.32 Å². The lowest BCUT2D eigenvalue weighted by Gasteiger charge is -2.14. The van der Waals surface area contributed by atoms with Crippen molar-refractivity contribution in [2.24, 2.45) is 0 Å². The molecule has 2 rings (SSSR count). The number of alkyl halides is 3. The number of terminal acetylenes is 1. The van der Waals surface area contributed by atoms with E-state index in [2.05, 4.69) is 16.2 Å². The number of fused-ring (bicyclic) bond motifs is 1. The molecule has 0 bridgehead atoms. The van der Waals surface area contributed by atoms with Crippen LogP contribution in [0, 0.1) is 12.3 Å². The van der Waals surface area contributed by atoms with E-state index < -0.39 is 23.2 Å². The molecule has 0 aliphatic heterocycles. The first-order chi connectivity index (χ1) is 9.45. The van der Waals surface area contributed by atoms with E-state index in [1.807, 2.05) is 0 Å². The maximum Gasteiger partial charge on any atom is 0.417 e. The van der Waals surface area contributed by atoms with Crippen molar-refractivity contribution >= 4 is 16.8 Å². The van der Waals surface area contributed by atoms with Crippen molar-refractivity contribution in [2.45, 2.75) is 6.18 Å². The van der Waals surface area contributed by atoms with Gasteiger partial charge in [0.15, 0.2) is 0 Å². The Balaban J connectivity index is 2.66. The molecule has 0 aliphatic rings. The lowest BCUT2D eigenvalue weighted by molar-refractivity contribution is -0.136. The minimum absolute atomic E-state index is 0.117. The average Bonchev–Trinajstić information content (AvgIpc) is 2.42. The number of carbonyl (C=O) groups is 1. The Kier molecular flexibility index (Phi) is 3.61. The zero-order chi connectivity index (χ0) is 14.8. The second kappa shape index (κ2) is 5.21. The molecule has 1 N–H and O–H groups in total. The summed E-state index contributed by atoms with van der Waals surface area (Å²) < 4.78 is 39.6. The van der Waals surface area contributed by atoms with Crippen molar-refractivity contribution in [3.63, 3.8) is 0 Å². The van der Waals surface area contributed by atoms with Crippen LogP contribution >= 0.6 is 0 Å². The van der Waals surface area contributed by atoms with Crippen molar-refractivity contribution in [3.05, 3.63) is 41.6 Å². The number of carbonyl (C=O) groups excluding carboxylic acids is 1. The van der Waals surface area contributed by atoms with Gasteiger partial charge >= 0.3 is 6.18 Å². The van der Waals surface area contributed by atoms with Gasteiger partial charge in [0.1, 0.15) is 0 Å². The number of benzene rings is 1. The van der Waals surface area contributed by atoms with Crippen molar-refractivity contribution in [1.29, 1.82) is 0 Å². The van der Waals surface area contributed by atoms with Gasteiger partial charge in [-0.05, 0) is 6.07 Å². The van der Waals surface area contributed by atoms with Crippen LogP contribution in [0.25, 0.3) is 10.9 Å². The molecule has 0 atom stereocenters. The van der Waals surface area contributed by atoms with Crippen LogP contribution in [0.3, 0.4) is 0 Å². The third-order valence-corrected chi connectivity index (χ3v) is 2.65. The summed E-state index contributed by atoms with van der Waals surface area (Å²) in [6.45, 7) is -0.150. The van der Waals surface area contributed by atoms with Crippen LogP contribution < -0.4 is 5.32 Å². The molecule has 6 heteroatoms. The van der Waals surface area contributed by atoms with E-state index in [4.69, 9.17) is 6.42 Å². The van der Waals surface area contributed by atoms with E-state index in [9.17, 15) is 18.0 Å². The number of aromatic nitrogens is 1. The Morgan fingerprint density at radius 2 is 2.05 bits per heavy atom. The summed E-state index contributed by atoms with van der Waals surface area (Å²) in [4.78, 5) is 15.6. The fourth-order valence-electron chi connectivity index (χ4n) is 1.85. The highest BCUT2D eigenvalue weighted by Gasteiger charge is 2.37. The minimum atomic E-state index is -4.66. The normalized spacial score (nSPS) is 11.1. The maximum atomic E-state index is 13.2. The molecule has 1 aromatic carbocycles. The van der Waals surface area contributed by atoms with Crippen LogP contribution in [0.1, 0.15) is 15.9 Å². The molecule has 0 spiro atoms. The van der Waals surface area contributed by atoms with Crippen molar-refractivity contribution in [3.8, 4) is 12.3 Å². The lowest BCUT2D eigenvalue weighted by Crippen LogP contribution is -2.27. The Labute approximate surface area is 112 Å². The first kappa shape index (κ1) is 13.9. The van der Waals surface area contributed by atoms with Gasteiger partial charge in [0.05, 0.1) is 23.2 Å². The summed E-state index contributed by atoms with van der Waals surface area (Å²) in [5.41, 5.74) is -1.36. The van der Waals surface area contributed by atoms with Gasteiger partial charge in [-0.25, -0.2) is 0 Å². The van der Waals surface area contributed by atoms with Gasteiger partial charge in [-0.1, -0.05) is 24.1 Å². The Morgan fingerprint density at radius 3 is 2.70 bits per heavy atom. The first-order valence-corrected chi connectivity index (χ1v) is 5.61. The van der Waals surface area contributed by atoms with Crippen LogP contribution in [0.15, 0.2) is 30.5 Å². The quantitative estimate of drug-likeness (QED) is 0.858. The standard InChI is InChI=1S/C14H9F3N2O/c1-2-7-18-13(20)10-8-19-11-6-4-3-5-9(11)12(10)14(15,16)17/h1,3-6,8H,7H2,(H,18,20).